The second-order valence-electron chi connectivity index (χ2n) is 28.6. The Morgan fingerprint density at radius 2 is 0.858 bits per heavy atom. The van der Waals surface area contributed by atoms with Crippen molar-refractivity contribution in [3.05, 3.63) is 317 Å². The number of carbonyl (C=O) groups excluding carboxylic acids is 5. The van der Waals surface area contributed by atoms with E-state index >= 15 is 0 Å². The molecule has 0 fully saturated rings. The van der Waals surface area contributed by atoms with Crippen molar-refractivity contribution in [2.75, 3.05) is 5.32 Å². The molecule has 0 aliphatic heterocycles. The van der Waals surface area contributed by atoms with Gasteiger partial charge in [-0.05, 0) is 145 Å². The number of para-hydroxylation sites is 8. The lowest BCUT2D eigenvalue weighted by atomic mass is 10.1. The first-order valence-corrected chi connectivity index (χ1v) is 43.7. The average Bonchev–Trinajstić information content (AvgIpc) is 1.61. The second kappa shape index (κ2) is 44.1. The summed E-state index contributed by atoms with van der Waals surface area (Å²) in [6.07, 6.45) is 10.9. The molecule has 0 saturated heterocycles. The monoisotopic (exact) mass is 1810 g/mol. The fourth-order valence-corrected chi connectivity index (χ4v) is 14.8. The van der Waals surface area contributed by atoms with E-state index in [9.17, 15) is 38.5 Å². The van der Waals surface area contributed by atoms with E-state index in [4.69, 9.17) is 22.0 Å². The Kier molecular flexibility index (Phi) is 33.6. The molecular weight excluding hydrogens is 1710 g/mol. The van der Waals surface area contributed by atoms with Crippen molar-refractivity contribution < 1.29 is 48.4 Å². The number of carbonyl (C=O) groups is 5. The molecule has 31 heteroatoms. The maximum absolute atomic E-state index is 11.7. The van der Waals surface area contributed by atoms with Gasteiger partial charge in [0.15, 0.2) is 17.8 Å². The zero-order valence-corrected chi connectivity index (χ0v) is 75.0. The van der Waals surface area contributed by atoms with Gasteiger partial charge in [0, 0.05) is 190 Å². The first-order valence-electron chi connectivity index (χ1n) is 38.9. The van der Waals surface area contributed by atoms with Crippen LogP contribution in [0.5, 0.6) is 0 Å². The van der Waals surface area contributed by atoms with Crippen molar-refractivity contribution in [1.29, 1.82) is 0 Å². The number of benzene rings is 8. The smallest absolute Gasteiger partial charge is 0.339 e. The number of hydrogen-bond donors (Lipinski definition) is 6. The minimum Gasteiger partial charge on any atom is -0.618 e. The largest absolute Gasteiger partial charge is 0.618 e. The number of aromatic nitrogens is 12. The van der Waals surface area contributed by atoms with E-state index in [1.807, 2.05) is 273 Å². The minimum atomic E-state index is -3.22. The maximum atomic E-state index is 11.7. The highest BCUT2D eigenvalue weighted by Crippen LogP contribution is 2.61. The Morgan fingerprint density at radius 3 is 1.38 bits per heavy atom. The van der Waals surface area contributed by atoms with Gasteiger partial charge in [-0.2, -0.15) is 4.73 Å². The molecule has 8 aromatic carbocycles. The summed E-state index contributed by atoms with van der Waals surface area (Å²) in [4.78, 5) is 78.9. The maximum Gasteiger partial charge on any atom is 0.339 e. The quantitative estimate of drug-likeness (QED) is 0.00912. The van der Waals surface area contributed by atoms with Crippen molar-refractivity contribution in [2.45, 2.75) is 49.0 Å². The summed E-state index contributed by atoms with van der Waals surface area (Å²) >= 11 is 19.8. The molecule has 0 aliphatic carbocycles. The highest BCUT2D eigenvalue weighted by molar-refractivity contribution is 8.24. The Hall–Kier alpha value is -14.0. The van der Waals surface area contributed by atoms with Crippen molar-refractivity contribution in [3.8, 4) is 0 Å². The number of halogens is 4. The van der Waals surface area contributed by atoms with Crippen molar-refractivity contribution in [1.82, 2.24) is 51.9 Å². The molecule has 1 amide bonds. The predicted molar refractivity (Wildman–Crippen MR) is 518 cm³/mol. The number of hydrogen-bond acceptors (Lipinski definition) is 15. The molecule has 12 heterocycles. The number of amides is 1. The standard InChI is InChI=1S/C12H9ClN2.2C12H10N2O.C12H10N2.2C11H12N2O.C11H11NO.C10H9NO.C4H6O3.CH4.Cl3OP.H3NO/c1-15-9-5-3-2-4-8(9)12-10(15)6-7-11(13)14-12;1-13-10-6-3-2-5-9(10)12-11(13)7-4-8-14(12)15;1-14-9-5-3-2-4-8(9)12-10(14)6-7-11(15)13-12;1-14-10-6-3-2-5-9(10)12-11(14)7-4-8-13-12;1-8(14)12-10-7-13(2)11-6-4-3-5-9(10)11;1-8(12-14)10-7-13(2)11-6-4-3-5-9(10)11;1-8(13)10-7-12(2)11-6-4-3-5-9(10)11;1-7(12)9-6-11-10-5-3-2-4-8(9)10;1-3(5)7-4(2)6;;1-5(2,3)4;1-2/h2-7H,1H3;2-8H,1H3;2-7H,1H3,(H,13,15);2-8H,1H3;3-7H,1-2H3,(H,12,14);3-7,14H,1-2H3;3-7H,1-2H3;2-6,11H,1H3;1-2H3;1H4;;2H,1H2/b;;;;;12-8+;;;;;;. The van der Waals surface area contributed by atoms with Gasteiger partial charge in [0.05, 0.1) is 72.0 Å². The first kappa shape index (κ1) is 96.9. The molecule has 0 atom stereocenters. The molecule has 0 unspecified atom stereocenters. The van der Waals surface area contributed by atoms with Gasteiger partial charge in [-0.25, -0.2) is 10.9 Å². The van der Waals surface area contributed by atoms with Gasteiger partial charge in [0.1, 0.15) is 10.7 Å². The topological polar surface area (TPSA) is 338 Å². The number of Topliss-reactive ketones (excluding diaryl/α,β-unsaturated/α-hetero) is 2. The van der Waals surface area contributed by atoms with Crippen molar-refractivity contribution >= 4 is 223 Å². The van der Waals surface area contributed by atoms with Crippen LogP contribution < -0.4 is 21.5 Å². The van der Waals surface area contributed by atoms with Crippen LogP contribution in [0.25, 0.3) is 131 Å². The number of nitrogens with two attached hydrogens (primary N) is 1. The van der Waals surface area contributed by atoms with Gasteiger partial charge < -0.3 is 67.6 Å². The summed E-state index contributed by atoms with van der Waals surface area (Å²) in [5.41, 5.74) is 21.1. The number of H-pyrrole nitrogens is 2. The minimum absolute atomic E-state index is 0. The van der Waals surface area contributed by atoms with E-state index in [2.05, 4.69) is 138 Å². The molecule has 0 aliphatic rings. The van der Waals surface area contributed by atoms with E-state index in [1.54, 1.807) is 39.1 Å². The van der Waals surface area contributed by atoms with Gasteiger partial charge in [-0.1, -0.05) is 164 Å². The number of rotatable bonds is 4. The molecule has 0 bridgehead atoms. The van der Waals surface area contributed by atoms with E-state index in [-0.39, 0.29) is 30.5 Å². The van der Waals surface area contributed by atoms with Crippen LogP contribution in [0.15, 0.2) is 290 Å². The van der Waals surface area contributed by atoms with Gasteiger partial charge in [0.2, 0.25) is 17.0 Å². The molecule has 127 heavy (non-hydrogen) atoms. The zero-order valence-electron chi connectivity index (χ0n) is 71.1. The molecule has 20 rings (SSSR count). The SMILES string of the molecule is C.C/C(=N\O)c1cn(C)c2ccccc12.CC(=O)Nc1cn(C)c2ccccc12.CC(=O)OC(C)=O.CC(=O)c1c[nH]c2ccccc12.CC(=O)c1cn(C)c2ccccc12.Cn1c2ccccc2c2[nH]c(=O)ccc21.Cn1c2ccccc2c2c1ccc[n+]2[O-].Cn1c2ccccc2c2nc(Cl)ccc21.Cn1c2ccccc2c2ncccc21.NO.O=P(Cl)(Cl)Cl. The normalized spacial score (nSPS) is 10.7. The van der Waals surface area contributed by atoms with Crippen LogP contribution in [-0.4, -0.2) is 97.4 Å². The lowest BCUT2D eigenvalue weighted by Gasteiger charge is -1.97. The summed E-state index contributed by atoms with van der Waals surface area (Å²) in [5.74, 6) is 2.56. The average molecular weight is 1810 g/mol. The molecule has 0 spiro atoms. The fraction of sp³-hybridized carbons (Fsp3) is 0.146. The molecule has 26 nitrogen and oxygen atoms in total. The summed E-state index contributed by atoms with van der Waals surface area (Å²) in [7, 11) is 14.0. The molecule has 654 valence electrons. The third kappa shape index (κ3) is 23.5. The summed E-state index contributed by atoms with van der Waals surface area (Å²) < 4.78 is 28.9. The van der Waals surface area contributed by atoms with E-state index in [1.165, 1.54) is 48.9 Å². The van der Waals surface area contributed by atoms with E-state index < -0.39 is 17.1 Å². The number of nitrogens with one attached hydrogen (secondary N) is 3. The molecular formula is C96H96Cl4N15O11P. The highest BCUT2D eigenvalue weighted by Gasteiger charge is 2.17. The molecule has 7 N–H and O–H groups in total. The predicted octanol–water partition coefficient (Wildman–Crippen LogP) is 22.2. The highest BCUT2D eigenvalue weighted by atomic mass is 36.0. The molecule has 0 radical (unpaired) electrons. The Bertz CT molecular complexity index is 7420. The number of aromatic amines is 2. The third-order valence-electron chi connectivity index (χ3n) is 20.2. The van der Waals surface area contributed by atoms with Crippen LogP contribution >= 0.6 is 50.5 Å². The summed E-state index contributed by atoms with van der Waals surface area (Å²) in [6.45, 7) is 8.85. The number of nitrogens with zero attached hydrogens (tertiary/aromatic N) is 11. The fourth-order valence-electron chi connectivity index (χ4n) is 14.6. The number of ketones is 2. The Balaban J connectivity index is 0.000000161. The third-order valence-corrected chi connectivity index (χ3v) is 20.4. The number of oxime groups is 1. The number of pyridine rings is 4. The van der Waals surface area contributed by atoms with Crippen LogP contribution in [0, 0.1) is 5.21 Å². The summed E-state index contributed by atoms with van der Waals surface area (Å²) in [5, 5.41) is 39.0. The first-order chi connectivity index (χ1) is 60.2. The summed E-state index contributed by atoms with van der Waals surface area (Å²) in [6, 6.07) is 79.3. The zero-order chi connectivity index (χ0) is 91.4. The molecule has 12 aromatic heterocycles. The van der Waals surface area contributed by atoms with Crippen LogP contribution in [0.1, 0.15) is 75.2 Å². The van der Waals surface area contributed by atoms with Crippen LogP contribution in [0.4, 0.5) is 5.69 Å². The van der Waals surface area contributed by atoms with Crippen molar-refractivity contribution in [2.24, 2.45) is 60.4 Å². The van der Waals surface area contributed by atoms with Crippen molar-refractivity contribution in [3.63, 3.8) is 0 Å². The van der Waals surface area contributed by atoms with E-state index in [0.29, 0.717) is 10.9 Å². The Labute approximate surface area is 750 Å². The number of ether oxygens (including phenoxy) is 1. The van der Waals surface area contributed by atoms with Crippen LogP contribution in [0.2, 0.25) is 5.15 Å². The van der Waals surface area contributed by atoms with Gasteiger partial charge in [-0.3, -0.25) is 38.3 Å². The molecule has 20 aromatic rings. The molecule has 0 saturated carbocycles. The van der Waals surface area contributed by atoms with Gasteiger partial charge in [0.25, 0.3) is 0 Å². The number of fused-ring (bicyclic) bond motifs is 16. The second-order valence-corrected chi connectivity index (χ2v) is 35.6. The van der Waals surface area contributed by atoms with Crippen LogP contribution in [0.3, 0.4) is 0 Å². The number of anilines is 1. The van der Waals surface area contributed by atoms with Gasteiger partial charge >= 0.3 is 17.1 Å². The Morgan fingerprint density at radius 1 is 0.465 bits per heavy atom. The lowest BCUT2D eigenvalue weighted by Crippen LogP contribution is -2.25. The lowest BCUT2D eigenvalue weighted by molar-refractivity contribution is -0.576. The number of aryl methyl sites for hydroxylation is 7. The van der Waals surface area contributed by atoms with Gasteiger partial charge in [-0.15, -0.1) is 0 Å². The van der Waals surface area contributed by atoms with Crippen LogP contribution in [-0.2, 0) is 73.0 Å². The van der Waals surface area contributed by atoms with E-state index in [0.717, 1.165) is 137 Å². The number of esters is 2.